The quantitative estimate of drug-likeness (QED) is 0.704. The monoisotopic (exact) mass is 206 g/mol. The highest BCUT2D eigenvalue weighted by atomic mass is 16.5. The van der Waals surface area contributed by atoms with Crippen molar-refractivity contribution in [3.05, 3.63) is 34.9 Å². The highest BCUT2D eigenvalue weighted by Gasteiger charge is 2.44. The van der Waals surface area contributed by atoms with Crippen LogP contribution in [0.5, 0.6) is 0 Å². The molecule has 0 bridgehead atoms. The van der Waals surface area contributed by atoms with Gasteiger partial charge in [0.1, 0.15) is 0 Å². The summed E-state index contributed by atoms with van der Waals surface area (Å²) >= 11 is 0. The lowest BCUT2D eigenvalue weighted by Gasteiger charge is -2.20. The molecule has 3 heteroatoms. The van der Waals surface area contributed by atoms with E-state index in [1.165, 1.54) is 7.11 Å². The molecule has 2 rings (SSSR count). The smallest absolute Gasteiger partial charge is 0.342 e. The summed E-state index contributed by atoms with van der Waals surface area (Å²) in [4.78, 5) is 11.5. The van der Waals surface area contributed by atoms with Crippen molar-refractivity contribution < 1.29 is 14.6 Å². The molecule has 0 aromatic heterocycles. The predicted molar refractivity (Wildman–Crippen MR) is 55.4 cm³/mol. The first kappa shape index (κ1) is 10.2. The normalized spacial score (nSPS) is 23.7. The molecule has 1 N–H and O–H groups in total. The number of fused-ring (bicyclic) bond motifs is 1. The number of carbonyl (C=O) groups excluding carboxylic acids is 1. The van der Waals surface area contributed by atoms with Crippen LogP contribution in [0.15, 0.2) is 18.2 Å². The Labute approximate surface area is 88.7 Å². The van der Waals surface area contributed by atoms with Gasteiger partial charge in [0.2, 0.25) is 0 Å². The Hall–Kier alpha value is -1.35. The highest BCUT2D eigenvalue weighted by Crippen LogP contribution is 2.38. The molecule has 1 unspecified atom stereocenters. The number of rotatable bonds is 1. The molecule has 80 valence electrons. The SMILES string of the molecule is COC(=O)C1(O)CCc2ccc(C)cc21. The third-order valence-corrected chi connectivity index (χ3v) is 2.99. The number of carbonyl (C=O) groups is 1. The van der Waals surface area contributed by atoms with Crippen molar-refractivity contribution in [2.24, 2.45) is 0 Å². The van der Waals surface area contributed by atoms with Crippen LogP contribution in [0.25, 0.3) is 0 Å². The van der Waals surface area contributed by atoms with Crippen LogP contribution in [0, 0.1) is 6.92 Å². The van der Waals surface area contributed by atoms with Gasteiger partial charge in [-0.1, -0.05) is 23.8 Å². The summed E-state index contributed by atoms with van der Waals surface area (Å²) in [6.07, 6.45) is 1.14. The zero-order valence-corrected chi connectivity index (χ0v) is 8.91. The Kier molecular flexibility index (Phi) is 2.27. The van der Waals surface area contributed by atoms with E-state index >= 15 is 0 Å². The van der Waals surface area contributed by atoms with Gasteiger partial charge in [-0.25, -0.2) is 4.79 Å². The van der Waals surface area contributed by atoms with E-state index in [0.717, 1.165) is 17.5 Å². The van der Waals surface area contributed by atoms with Crippen LogP contribution in [0.4, 0.5) is 0 Å². The highest BCUT2D eigenvalue weighted by molar-refractivity contribution is 5.82. The number of hydrogen-bond donors (Lipinski definition) is 1. The Morgan fingerprint density at radius 3 is 2.93 bits per heavy atom. The summed E-state index contributed by atoms with van der Waals surface area (Å²) < 4.78 is 4.64. The molecule has 1 aliphatic rings. The van der Waals surface area contributed by atoms with Crippen LogP contribution in [0.1, 0.15) is 23.1 Å². The Bertz CT molecular complexity index is 411. The summed E-state index contributed by atoms with van der Waals surface area (Å²) in [5.41, 5.74) is 1.34. The van der Waals surface area contributed by atoms with Crippen LogP contribution in [0.3, 0.4) is 0 Å². The minimum Gasteiger partial charge on any atom is -0.467 e. The van der Waals surface area contributed by atoms with Crippen molar-refractivity contribution >= 4 is 5.97 Å². The van der Waals surface area contributed by atoms with Crippen molar-refractivity contribution in [3.8, 4) is 0 Å². The zero-order valence-electron chi connectivity index (χ0n) is 8.91. The fourth-order valence-corrected chi connectivity index (χ4v) is 2.12. The molecule has 15 heavy (non-hydrogen) atoms. The second-order valence-electron chi connectivity index (χ2n) is 4.01. The first-order valence-electron chi connectivity index (χ1n) is 4.99. The summed E-state index contributed by atoms with van der Waals surface area (Å²) in [6, 6.07) is 5.81. The molecule has 0 aliphatic heterocycles. The van der Waals surface area contributed by atoms with Gasteiger partial charge in [-0.3, -0.25) is 0 Å². The molecule has 0 saturated heterocycles. The van der Waals surface area contributed by atoms with Crippen LogP contribution < -0.4 is 0 Å². The molecule has 1 aromatic rings. The minimum atomic E-state index is -1.43. The third-order valence-electron chi connectivity index (χ3n) is 2.99. The van der Waals surface area contributed by atoms with E-state index in [0.29, 0.717) is 12.0 Å². The molecule has 0 radical (unpaired) electrons. The molecule has 0 amide bonds. The molecule has 0 saturated carbocycles. The molecule has 3 nitrogen and oxygen atoms in total. The van der Waals surface area contributed by atoms with Gasteiger partial charge in [0.15, 0.2) is 5.60 Å². The molecular formula is C12H14O3. The van der Waals surface area contributed by atoms with E-state index in [-0.39, 0.29) is 0 Å². The van der Waals surface area contributed by atoms with Crippen LogP contribution >= 0.6 is 0 Å². The van der Waals surface area contributed by atoms with E-state index in [1.807, 2.05) is 25.1 Å². The largest absolute Gasteiger partial charge is 0.467 e. The topological polar surface area (TPSA) is 46.5 Å². The lowest BCUT2D eigenvalue weighted by molar-refractivity contribution is -0.163. The van der Waals surface area contributed by atoms with E-state index in [1.54, 1.807) is 0 Å². The number of aryl methyl sites for hydroxylation is 2. The van der Waals surface area contributed by atoms with Gasteiger partial charge in [0.25, 0.3) is 0 Å². The first-order chi connectivity index (χ1) is 7.08. The maximum atomic E-state index is 11.5. The lowest BCUT2D eigenvalue weighted by atomic mass is 9.95. The van der Waals surface area contributed by atoms with Gasteiger partial charge in [-0.2, -0.15) is 0 Å². The zero-order chi connectivity index (χ0) is 11.1. The molecule has 1 aromatic carbocycles. The predicted octanol–water partition coefficient (Wildman–Crippen LogP) is 1.30. The first-order valence-corrected chi connectivity index (χ1v) is 4.99. The Morgan fingerprint density at radius 2 is 2.27 bits per heavy atom. The molecule has 0 fully saturated rings. The van der Waals surface area contributed by atoms with E-state index in [2.05, 4.69) is 4.74 Å². The fourth-order valence-electron chi connectivity index (χ4n) is 2.12. The molecular weight excluding hydrogens is 192 g/mol. The number of aliphatic hydroxyl groups is 1. The van der Waals surface area contributed by atoms with Crippen LogP contribution in [-0.2, 0) is 21.6 Å². The lowest BCUT2D eigenvalue weighted by Crippen LogP contribution is -2.34. The summed E-state index contributed by atoms with van der Waals surface area (Å²) in [6.45, 7) is 1.94. The van der Waals surface area contributed by atoms with Crippen molar-refractivity contribution in [2.45, 2.75) is 25.4 Å². The molecule has 0 spiro atoms. The molecule has 1 atom stereocenters. The van der Waals surface area contributed by atoms with Gasteiger partial charge < -0.3 is 9.84 Å². The van der Waals surface area contributed by atoms with E-state index < -0.39 is 11.6 Å². The average Bonchev–Trinajstić information content (AvgIpc) is 2.57. The number of hydrogen-bond acceptors (Lipinski definition) is 3. The third kappa shape index (κ3) is 1.43. The number of benzene rings is 1. The van der Waals surface area contributed by atoms with Gasteiger partial charge in [-0.15, -0.1) is 0 Å². The van der Waals surface area contributed by atoms with Gasteiger partial charge in [0.05, 0.1) is 7.11 Å². The maximum Gasteiger partial charge on any atom is 0.342 e. The Balaban J connectivity index is 2.51. The number of esters is 1. The minimum absolute atomic E-state index is 0.415. The van der Waals surface area contributed by atoms with Crippen LogP contribution in [0.2, 0.25) is 0 Å². The standard InChI is InChI=1S/C12H14O3/c1-8-3-4-9-5-6-12(14,10(9)7-8)11(13)15-2/h3-4,7,14H,5-6H2,1-2H3. The Morgan fingerprint density at radius 1 is 1.53 bits per heavy atom. The van der Waals surface area contributed by atoms with E-state index in [9.17, 15) is 9.90 Å². The summed E-state index contributed by atoms with van der Waals surface area (Å²) in [7, 11) is 1.30. The molecule has 1 aliphatic carbocycles. The van der Waals surface area contributed by atoms with Crippen molar-refractivity contribution in [1.29, 1.82) is 0 Å². The number of methoxy groups -OCH3 is 1. The average molecular weight is 206 g/mol. The van der Waals surface area contributed by atoms with Gasteiger partial charge >= 0.3 is 5.97 Å². The maximum absolute atomic E-state index is 11.5. The summed E-state index contributed by atoms with van der Waals surface area (Å²) in [5.74, 6) is -0.563. The summed E-state index contributed by atoms with van der Waals surface area (Å²) in [5, 5.41) is 10.3. The van der Waals surface area contributed by atoms with Crippen molar-refractivity contribution in [1.82, 2.24) is 0 Å². The van der Waals surface area contributed by atoms with E-state index in [4.69, 9.17) is 0 Å². The van der Waals surface area contributed by atoms with Gasteiger partial charge in [0, 0.05) is 0 Å². The fraction of sp³-hybridized carbons (Fsp3) is 0.417. The van der Waals surface area contributed by atoms with Crippen LogP contribution in [-0.4, -0.2) is 18.2 Å². The number of ether oxygens (including phenoxy) is 1. The van der Waals surface area contributed by atoms with Crippen molar-refractivity contribution in [3.63, 3.8) is 0 Å². The molecule has 0 heterocycles. The van der Waals surface area contributed by atoms with Crippen molar-refractivity contribution in [2.75, 3.05) is 7.11 Å². The second-order valence-corrected chi connectivity index (χ2v) is 4.01. The second kappa shape index (κ2) is 3.35. The van der Waals surface area contributed by atoms with Gasteiger partial charge in [-0.05, 0) is 30.9 Å².